The molecule has 2 aromatic carbocycles. The minimum atomic E-state index is -0.733. The molecular weight excluding hydrogens is 560 g/mol. The average molecular weight is 582 g/mol. The minimum absolute atomic E-state index is 0.201. The number of carbonyl (C=O) groups excluding carboxylic acids is 1. The number of esters is 1. The second-order valence-electron chi connectivity index (χ2n) is 7.85. The van der Waals surface area contributed by atoms with Gasteiger partial charge in [0.05, 0.1) is 39.3 Å². The summed E-state index contributed by atoms with van der Waals surface area (Å²) in [4.78, 5) is 33.6. The van der Waals surface area contributed by atoms with E-state index in [2.05, 4.69) is 15.9 Å². The predicted octanol–water partition coefficient (Wildman–Crippen LogP) is 4.77. The van der Waals surface area contributed by atoms with E-state index in [9.17, 15) is 9.59 Å². The smallest absolute Gasteiger partial charge is 0.338 e. The van der Waals surface area contributed by atoms with Gasteiger partial charge < -0.3 is 9.47 Å². The van der Waals surface area contributed by atoms with E-state index in [-0.39, 0.29) is 12.2 Å². The molecule has 1 atom stereocenters. The summed E-state index contributed by atoms with van der Waals surface area (Å²) in [5, 5.41) is 0. The van der Waals surface area contributed by atoms with Crippen molar-refractivity contribution in [3.05, 3.63) is 112 Å². The number of ether oxygens (including phenoxy) is 2. The van der Waals surface area contributed by atoms with Gasteiger partial charge in [-0.2, -0.15) is 0 Å². The molecule has 0 radical (unpaired) electrons. The van der Waals surface area contributed by atoms with Crippen molar-refractivity contribution in [1.82, 2.24) is 4.57 Å². The van der Waals surface area contributed by atoms with E-state index in [0.717, 1.165) is 19.8 Å². The Morgan fingerprint density at radius 2 is 1.92 bits per heavy atom. The van der Waals surface area contributed by atoms with E-state index in [1.54, 1.807) is 18.6 Å². The third-order valence-electron chi connectivity index (χ3n) is 5.65. The lowest BCUT2D eigenvalue weighted by Crippen LogP contribution is -2.40. The first-order valence-electron chi connectivity index (χ1n) is 11.2. The number of halogens is 1. The van der Waals surface area contributed by atoms with Gasteiger partial charge in [0.2, 0.25) is 0 Å². The highest BCUT2D eigenvalue weighted by atomic mass is 79.9. The number of hydrogen-bond acceptors (Lipinski definition) is 7. The molecule has 5 rings (SSSR count). The molecule has 3 heterocycles. The first kappa shape index (κ1) is 24.4. The minimum Gasteiger partial charge on any atom is -0.497 e. The first-order chi connectivity index (χ1) is 17.5. The molecule has 0 saturated carbocycles. The number of carbonyl (C=O) groups is 1. The van der Waals surface area contributed by atoms with Crippen LogP contribution in [0.5, 0.6) is 5.75 Å². The lowest BCUT2D eigenvalue weighted by atomic mass is 9.93. The Morgan fingerprint density at radius 1 is 1.11 bits per heavy atom. The van der Waals surface area contributed by atoms with Crippen molar-refractivity contribution in [2.24, 2.45) is 4.99 Å². The zero-order chi connectivity index (χ0) is 25.2. The number of methoxy groups -OCH3 is 1. The number of thiazole rings is 1. The quantitative estimate of drug-likeness (QED) is 0.308. The monoisotopic (exact) mass is 580 g/mol. The van der Waals surface area contributed by atoms with Crippen molar-refractivity contribution < 1.29 is 14.3 Å². The largest absolute Gasteiger partial charge is 0.497 e. The van der Waals surface area contributed by atoms with Gasteiger partial charge >= 0.3 is 5.97 Å². The van der Waals surface area contributed by atoms with Crippen molar-refractivity contribution in [3.63, 3.8) is 0 Å². The molecule has 0 saturated heterocycles. The van der Waals surface area contributed by atoms with Crippen LogP contribution in [-0.4, -0.2) is 24.3 Å². The fourth-order valence-corrected chi connectivity index (χ4v) is 6.54. The fourth-order valence-electron chi connectivity index (χ4n) is 4.10. The summed E-state index contributed by atoms with van der Waals surface area (Å²) in [6.07, 6.45) is 1.86. The summed E-state index contributed by atoms with van der Waals surface area (Å²) >= 11 is 6.32. The molecule has 1 aliphatic heterocycles. The highest BCUT2D eigenvalue weighted by Gasteiger charge is 2.35. The highest BCUT2D eigenvalue weighted by Crippen LogP contribution is 2.36. The molecule has 0 spiro atoms. The molecule has 36 heavy (non-hydrogen) atoms. The number of aromatic nitrogens is 1. The van der Waals surface area contributed by atoms with Crippen molar-refractivity contribution in [1.29, 1.82) is 0 Å². The molecule has 0 aliphatic carbocycles. The Morgan fingerprint density at radius 3 is 2.61 bits per heavy atom. The van der Waals surface area contributed by atoms with Gasteiger partial charge in [-0.05, 0) is 58.8 Å². The molecule has 182 valence electrons. The van der Waals surface area contributed by atoms with E-state index in [1.165, 1.54) is 22.7 Å². The zero-order valence-electron chi connectivity index (χ0n) is 19.4. The number of thiophene rings is 1. The van der Waals surface area contributed by atoms with Crippen molar-refractivity contribution >= 4 is 56.3 Å². The van der Waals surface area contributed by atoms with Gasteiger partial charge in [0.25, 0.3) is 5.56 Å². The summed E-state index contributed by atoms with van der Waals surface area (Å²) in [6, 6.07) is 20.1. The van der Waals surface area contributed by atoms with Crippen LogP contribution < -0.4 is 19.6 Å². The van der Waals surface area contributed by atoms with Gasteiger partial charge in [-0.1, -0.05) is 53.8 Å². The number of benzene rings is 2. The van der Waals surface area contributed by atoms with Gasteiger partial charge in [0.15, 0.2) is 4.80 Å². The normalized spacial score (nSPS) is 15.4. The topological polar surface area (TPSA) is 69.9 Å². The van der Waals surface area contributed by atoms with Crippen LogP contribution >= 0.6 is 38.6 Å². The Bertz CT molecular complexity index is 1650. The zero-order valence-corrected chi connectivity index (χ0v) is 22.7. The molecule has 6 nitrogen and oxygen atoms in total. The molecule has 2 aromatic heterocycles. The number of fused-ring (bicyclic) bond motifs is 1. The van der Waals surface area contributed by atoms with Gasteiger partial charge in [-0.15, -0.1) is 11.3 Å². The Balaban J connectivity index is 1.84. The Kier molecular flexibility index (Phi) is 7.04. The number of hydrogen-bond donors (Lipinski definition) is 0. The molecule has 0 unspecified atom stereocenters. The number of rotatable bonds is 6. The summed E-state index contributed by atoms with van der Waals surface area (Å²) in [7, 11) is 1.58. The van der Waals surface area contributed by atoms with Gasteiger partial charge in [0.1, 0.15) is 5.75 Å². The molecule has 1 aliphatic rings. The molecule has 9 heteroatoms. The summed E-state index contributed by atoms with van der Waals surface area (Å²) in [5.74, 6) is 0.115. The standard InChI is InChI=1S/C27H21BrN2O4S2/c1-3-34-26(32)22-23(16-8-5-4-6-9-16)29-27-30(24(22)17-10-7-11-18(14-17)33-2)25(31)20(36-27)15-19-12-13-21(28)35-19/h4-15,24H,3H2,1-2H3/b20-15+/t24-/m1/s1. The van der Waals surface area contributed by atoms with E-state index >= 15 is 0 Å². The van der Waals surface area contributed by atoms with E-state index in [1.807, 2.05) is 72.8 Å². The maximum atomic E-state index is 13.8. The second-order valence-corrected chi connectivity index (χ2v) is 11.4. The van der Waals surface area contributed by atoms with Crippen molar-refractivity contribution in [3.8, 4) is 5.75 Å². The van der Waals surface area contributed by atoms with Crippen LogP contribution in [0.1, 0.15) is 29.0 Å². The van der Waals surface area contributed by atoms with Crippen LogP contribution in [-0.2, 0) is 9.53 Å². The third-order valence-corrected chi connectivity index (χ3v) is 8.20. The van der Waals surface area contributed by atoms with Crippen LogP contribution in [0.3, 0.4) is 0 Å². The van der Waals surface area contributed by atoms with Crippen molar-refractivity contribution in [2.45, 2.75) is 13.0 Å². The molecule has 0 N–H and O–H groups in total. The van der Waals surface area contributed by atoms with Gasteiger partial charge in [-0.25, -0.2) is 9.79 Å². The lowest BCUT2D eigenvalue weighted by molar-refractivity contribution is -0.138. The maximum absolute atomic E-state index is 13.8. The second kappa shape index (κ2) is 10.4. The molecule has 4 aromatic rings. The number of nitrogens with zero attached hydrogens (tertiary/aromatic N) is 2. The van der Waals surface area contributed by atoms with Crippen LogP contribution in [0.4, 0.5) is 0 Å². The summed E-state index contributed by atoms with van der Waals surface area (Å²) in [5.41, 5.74) is 2.09. The molecular formula is C27H21BrN2O4S2. The summed E-state index contributed by atoms with van der Waals surface area (Å²) in [6.45, 7) is 1.96. The van der Waals surface area contributed by atoms with Crippen molar-refractivity contribution in [2.75, 3.05) is 13.7 Å². The fraction of sp³-hybridized carbons (Fsp3) is 0.148. The van der Waals surface area contributed by atoms with Crippen LogP contribution in [0.25, 0.3) is 11.8 Å². The SMILES string of the molecule is CCOC(=O)C1=C(c2ccccc2)N=c2s/c(=C/c3ccc(Br)s3)c(=O)n2[C@@H]1c1cccc(OC)c1. The Labute approximate surface area is 223 Å². The van der Waals surface area contributed by atoms with Crippen LogP contribution in [0.15, 0.2) is 85.9 Å². The summed E-state index contributed by atoms with van der Waals surface area (Å²) < 4.78 is 14.0. The lowest BCUT2D eigenvalue weighted by Gasteiger charge is -2.26. The molecule has 0 bridgehead atoms. The molecule has 0 fully saturated rings. The maximum Gasteiger partial charge on any atom is 0.338 e. The van der Waals surface area contributed by atoms with Gasteiger partial charge in [-0.3, -0.25) is 9.36 Å². The molecule has 0 amide bonds. The third kappa shape index (κ3) is 4.61. The highest BCUT2D eigenvalue weighted by molar-refractivity contribution is 9.11. The predicted molar refractivity (Wildman–Crippen MR) is 146 cm³/mol. The van der Waals surface area contributed by atoms with Gasteiger partial charge in [0, 0.05) is 10.4 Å². The van der Waals surface area contributed by atoms with Crippen LogP contribution in [0, 0.1) is 0 Å². The average Bonchev–Trinajstić information content (AvgIpc) is 3.45. The van der Waals surface area contributed by atoms with E-state index < -0.39 is 12.0 Å². The van der Waals surface area contributed by atoms with E-state index in [4.69, 9.17) is 14.5 Å². The first-order valence-corrected chi connectivity index (χ1v) is 13.6. The Hall–Kier alpha value is -3.27. The van der Waals surface area contributed by atoms with Crippen LogP contribution in [0.2, 0.25) is 0 Å². The van der Waals surface area contributed by atoms with E-state index in [0.29, 0.717) is 26.4 Å².